The van der Waals surface area contributed by atoms with Crippen LogP contribution in [0.2, 0.25) is 0 Å². The van der Waals surface area contributed by atoms with Crippen molar-refractivity contribution in [3.05, 3.63) is 65.7 Å². The molecule has 2 aromatic rings. The summed E-state index contributed by atoms with van der Waals surface area (Å²) in [6.07, 6.45) is 2.87. The number of carbonyl (C=O) groups is 4. The molecule has 0 aliphatic rings. The van der Waals surface area contributed by atoms with Crippen LogP contribution in [-0.2, 0) is 25.7 Å². The molecule has 3 N–H and O–H groups in total. The number of ether oxygens (including phenoxy) is 1. The van der Waals surface area contributed by atoms with Crippen molar-refractivity contribution in [2.75, 3.05) is 6.61 Å². The summed E-state index contributed by atoms with van der Waals surface area (Å²) in [5.74, 6) is -1.70. The lowest BCUT2D eigenvalue weighted by Gasteiger charge is -2.09. The molecule has 0 spiro atoms. The molecule has 0 aliphatic carbocycles. The summed E-state index contributed by atoms with van der Waals surface area (Å²) in [6, 6.07) is 11.3. The van der Waals surface area contributed by atoms with Crippen LogP contribution >= 0.6 is 0 Å². The van der Waals surface area contributed by atoms with E-state index in [0.29, 0.717) is 11.3 Å². The predicted molar refractivity (Wildman–Crippen MR) is 98.3 cm³/mol. The largest absolute Gasteiger partial charge is 0.467 e. The predicted octanol–water partition coefficient (Wildman–Crippen LogP) is 1.33. The zero-order valence-corrected chi connectivity index (χ0v) is 15.1. The summed E-state index contributed by atoms with van der Waals surface area (Å²) in [5.41, 5.74) is 0.527. The minimum Gasteiger partial charge on any atom is -0.467 e. The second-order valence-corrected chi connectivity index (χ2v) is 5.54. The molecule has 9 nitrogen and oxygen atoms in total. The molecule has 146 valence electrons. The Morgan fingerprint density at radius 2 is 1.79 bits per heavy atom. The molecule has 0 saturated carbocycles. The summed E-state index contributed by atoms with van der Waals surface area (Å²) in [5, 5.41) is 6.78. The van der Waals surface area contributed by atoms with Crippen molar-refractivity contribution in [2.45, 2.75) is 13.5 Å². The molecule has 0 bridgehead atoms. The van der Waals surface area contributed by atoms with Crippen molar-refractivity contribution in [3.63, 3.8) is 0 Å². The Morgan fingerprint density at radius 3 is 2.43 bits per heavy atom. The zero-order valence-electron chi connectivity index (χ0n) is 15.1. The molecule has 0 saturated heterocycles. The van der Waals surface area contributed by atoms with E-state index in [9.17, 15) is 19.2 Å². The number of rotatable bonds is 7. The fraction of sp³-hybridized carbons (Fsp3) is 0.158. The average molecular weight is 385 g/mol. The van der Waals surface area contributed by atoms with Crippen molar-refractivity contribution in [1.29, 1.82) is 0 Å². The standard InChI is InChI=1S/C19H19N3O6/c1-13(23)21-16(10-14-6-3-2-4-7-14)18(25)28-12-17(24)22-19(26)20-11-15-8-5-9-27-15/h2-10H,11-12H2,1H3,(H,21,23)(H2,20,22,24,26). The maximum absolute atomic E-state index is 12.2. The molecular weight excluding hydrogens is 366 g/mol. The van der Waals surface area contributed by atoms with Gasteiger partial charge in [-0.3, -0.25) is 14.9 Å². The molecule has 1 aromatic heterocycles. The fourth-order valence-corrected chi connectivity index (χ4v) is 2.05. The van der Waals surface area contributed by atoms with Gasteiger partial charge in [0.05, 0.1) is 12.8 Å². The third kappa shape index (κ3) is 7.16. The van der Waals surface area contributed by atoms with Gasteiger partial charge in [0.25, 0.3) is 5.91 Å². The van der Waals surface area contributed by atoms with E-state index in [0.717, 1.165) is 0 Å². The normalized spacial score (nSPS) is 10.7. The second-order valence-electron chi connectivity index (χ2n) is 5.54. The summed E-state index contributed by atoms with van der Waals surface area (Å²) >= 11 is 0. The van der Waals surface area contributed by atoms with Crippen molar-refractivity contribution in [3.8, 4) is 0 Å². The first-order chi connectivity index (χ1) is 13.4. The number of esters is 1. The molecule has 9 heteroatoms. The number of benzene rings is 1. The van der Waals surface area contributed by atoms with Crippen molar-refractivity contribution in [2.24, 2.45) is 0 Å². The minimum atomic E-state index is -0.912. The lowest BCUT2D eigenvalue weighted by Crippen LogP contribution is -2.41. The van der Waals surface area contributed by atoms with Crippen molar-refractivity contribution < 1.29 is 28.3 Å². The van der Waals surface area contributed by atoms with Gasteiger partial charge in [0.1, 0.15) is 11.5 Å². The highest BCUT2D eigenvalue weighted by atomic mass is 16.5. The molecule has 0 atom stereocenters. The van der Waals surface area contributed by atoms with Gasteiger partial charge >= 0.3 is 12.0 Å². The molecular formula is C19H19N3O6. The third-order valence-electron chi connectivity index (χ3n) is 3.23. The topological polar surface area (TPSA) is 127 Å². The second kappa shape index (κ2) is 10.3. The Bertz CT molecular complexity index is 859. The third-order valence-corrected chi connectivity index (χ3v) is 3.23. The first-order valence-corrected chi connectivity index (χ1v) is 8.25. The van der Waals surface area contributed by atoms with Gasteiger partial charge in [-0.25, -0.2) is 9.59 Å². The number of carbonyl (C=O) groups excluding carboxylic acids is 4. The lowest BCUT2D eigenvalue weighted by atomic mass is 10.2. The number of furan rings is 1. The number of amides is 4. The average Bonchev–Trinajstić information content (AvgIpc) is 3.18. The number of urea groups is 1. The SMILES string of the molecule is CC(=O)NC(=Cc1ccccc1)C(=O)OCC(=O)NC(=O)NCc1ccco1. The van der Waals surface area contributed by atoms with E-state index in [1.165, 1.54) is 19.3 Å². The quantitative estimate of drug-likeness (QED) is 0.487. The molecule has 0 aliphatic heterocycles. The van der Waals surface area contributed by atoms with Gasteiger partial charge in [-0.1, -0.05) is 30.3 Å². The maximum atomic E-state index is 12.2. The van der Waals surface area contributed by atoms with Gasteiger partial charge in [-0.2, -0.15) is 0 Å². The van der Waals surface area contributed by atoms with Crippen molar-refractivity contribution >= 4 is 29.9 Å². The monoisotopic (exact) mass is 385 g/mol. The van der Waals surface area contributed by atoms with Crippen LogP contribution in [0.3, 0.4) is 0 Å². The Labute approximate surface area is 160 Å². The molecule has 1 aromatic carbocycles. The summed E-state index contributed by atoms with van der Waals surface area (Å²) < 4.78 is 9.89. The van der Waals surface area contributed by atoms with Crippen LogP contribution < -0.4 is 16.0 Å². The highest BCUT2D eigenvalue weighted by Crippen LogP contribution is 2.06. The van der Waals surface area contributed by atoms with Crippen LogP contribution in [-0.4, -0.2) is 30.4 Å². The van der Waals surface area contributed by atoms with Gasteiger partial charge in [0, 0.05) is 6.92 Å². The molecule has 2 rings (SSSR count). The van der Waals surface area contributed by atoms with Gasteiger partial charge in [-0.15, -0.1) is 0 Å². The van der Waals surface area contributed by atoms with Crippen LogP contribution in [0.4, 0.5) is 4.79 Å². The highest BCUT2D eigenvalue weighted by Gasteiger charge is 2.16. The lowest BCUT2D eigenvalue weighted by molar-refractivity contribution is -0.145. The Morgan fingerprint density at radius 1 is 1.04 bits per heavy atom. The zero-order chi connectivity index (χ0) is 20.4. The van der Waals surface area contributed by atoms with E-state index in [1.54, 1.807) is 42.5 Å². The smallest absolute Gasteiger partial charge is 0.355 e. The van der Waals surface area contributed by atoms with Crippen LogP contribution in [0.25, 0.3) is 6.08 Å². The van der Waals surface area contributed by atoms with E-state index >= 15 is 0 Å². The first kappa shape index (κ1) is 20.4. The van der Waals surface area contributed by atoms with Crippen LogP contribution in [0.15, 0.2) is 58.8 Å². The van der Waals surface area contributed by atoms with E-state index in [-0.39, 0.29) is 12.2 Å². The summed E-state index contributed by atoms with van der Waals surface area (Å²) in [4.78, 5) is 46.8. The molecule has 1 heterocycles. The van der Waals surface area contributed by atoms with Gasteiger partial charge in [0.15, 0.2) is 6.61 Å². The van der Waals surface area contributed by atoms with E-state index in [1.807, 2.05) is 5.32 Å². The maximum Gasteiger partial charge on any atom is 0.355 e. The number of imide groups is 1. The summed E-state index contributed by atoms with van der Waals surface area (Å²) in [7, 11) is 0. The molecule has 0 unspecified atom stereocenters. The molecule has 0 fully saturated rings. The highest BCUT2D eigenvalue weighted by molar-refractivity contribution is 6.00. The van der Waals surface area contributed by atoms with Gasteiger partial charge < -0.3 is 19.8 Å². The van der Waals surface area contributed by atoms with Crippen molar-refractivity contribution in [1.82, 2.24) is 16.0 Å². The Kier molecular flexibility index (Phi) is 7.53. The van der Waals surface area contributed by atoms with E-state index in [2.05, 4.69) is 10.6 Å². The van der Waals surface area contributed by atoms with Crippen LogP contribution in [0.5, 0.6) is 0 Å². The Hall–Kier alpha value is -3.88. The molecule has 4 amide bonds. The van der Waals surface area contributed by atoms with Gasteiger partial charge in [0.2, 0.25) is 5.91 Å². The molecule has 28 heavy (non-hydrogen) atoms. The van der Waals surface area contributed by atoms with Gasteiger partial charge in [-0.05, 0) is 23.8 Å². The Balaban J connectivity index is 1.85. The molecule has 0 radical (unpaired) electrons. The minimum absolute atomic E-state index is 0.0956. The summed E-state index contributed by atoms with van der Waals surface area (Å²) in [6.45, 7) is 0.638. The number of hydrogen-bond acceptors (Lipinski definition) is 6. The first-order valence-electron chi connectivity index (χ1n) is 8.25. The fourth-order valence-electron chi connectivity index (χ4n) is 2.05. The number of hydrogen-bond donors (Lipinski definition) is 3. The van der Waals surface area contributed by atoms with E-state index < -0.39 is 30.4 Å². The van der Waals surface area contributed by atoms with E-state index in [4.69, 9.17) is 9.15 Å². The van der Waals surface area contributed by atoms with Crippen LogP contribution in [0.1, 0.15) is 18.2 Å². The van der Waals surface area contributed by atoms with Crippen LogP contribution in [0, 0.1) is 0 Å². The number of nitrogens with one attached hydrogen (secondary N) is 3.